The molecule has 0 amide bonds. The van der Waals surface area contributed by atoms with Crippen molar-refractivity contribution in [1.82, 2.24) is 4.98 Å². The number of anilines is 2. The molecule has 1 aromatic carbocycles. The molecule has 0 unspecified atom stereocenters. The van der Waals surface area contributed by atoms with Crippen LogP contribution in [-0.2, 0) is 0 Å². The number of nitrogens with zero attached hydrogens (tertiary/aromatic N) is 2. The van der Waals surface area contributed by atoms with Gasteiger partial charge in [0, 0.05) is 30.4 Å². The molecule has 2 N–H and O–H groups in total. The number of aromatic nitrogens is 1. The lowest BCUT2D eigenvalue weighted by Gasteiger charge is -2.36. The summed E-state index contributed by atoms with van der Waals surface area (Å²) in [6.07, 6.45) is 8.44. The summed E-state index contributed by atoms with van der Waals surface area (Å²) in [6, 6.07) is 8.89. The molecule has 1 aliphatic rings. The lowest BCUT2D eigenvalue weighted by Crippen LogP contribution is -2.35. The first-order chi connectivity index (χ1) is 10.2. The average Bonchev–Trinajstić information content (AvgIpc) is 2.55. The van der Waals surface area contributed by atoms with Crippen LogP contribution in [0.2, 0.25) is 0 Å². The Morgan fingerprint density at radius 1 is 1.19 bits per heavy atom. The van der Waals surface area contributed by atoms with E-state index in [2.05, 4.69) is 36.0 Å². The van der Waals surface area contributed by atoms with Crippen LogP contribution in [0, 0.1) is 5.92 Å². The Hall–Kier alpha value is -1.77. The maximum Gasteiger partial charge on any atom is 0.0951 e. The van der Waals surface area contributed by atoms with Gasteiger partial charge in [-0.25, -0.2) is 0 Å². The maximum absolute atomic E-state index is 6.06. The van der Waals surface area contributed by atoms with Gasteiger partial charge in [-0.15, -0.1) is 0 Å². The van der Waals surface area contributed by atoms with E-state index < -0.39 is 0 Å². The third kappa shape index (κ3) is 2.69. The minimum atomic E-state index is 0.639. The summed E-state index contributed by atoms with van der Waals surface area (Å²) < 4.78 is 0. The molecule has 3 rings (SSSR count). The molecule has 0 saturated heterocycles. The van der Waals surface area contributed by atoms with Crippen molar-refractivity contribution in [2.24, 2.45) is 5.92 Å². The number of benzene rings is 1. The predicted octanol–water partition coefficient (Wildman–Crippen LogP) is 4.22. The van der Waals surface area contributed by atoms with Crippen molar-refractivity contribution in [1.29, 1.82) is 0 Å². The Bertz CT molecular complexity index is 615. The van der Waals surface area contributed by atoms with Crippen molar-refractivity contribution in [3.05, 3.63) is 30.5 Å². The summed E-state index contributed by atoms with van der Waals surface area (Å²) in [4.78, 5) is 6.88. The molecule has 0 aliphatic heterocycles. The molecule has 1 fully saturated rings. The van der Waals surface area contributed by atoms with Crippen LogP contribution in [0.4, 0.5) is 11.4 Å². The molecule has 3 heteroatoms. The molecular weight excluding hydrogens is 258 g/mol. The smallest absolute Gasteiger partial charge is 0.0951 e. The summed E-state index contributed by atoms with van der Waals surface area (Å²) in [6.45, 7) is 2.31. The normalized spacial score (nSPS) is 22.4. The third-order valence-electron chi connectivity index (χ3n) is 5.10. The monoisotopic (exact) mass is 283 g/mol. The molecule has 3 nitrogen and oxygen atoms in total. The van der Waals surface area contributed by atoms with Crippen molar-refractivity contribution in [3.8, 4) is 0 Å². The van der Waals surface area contributed by atoms with E-state index in [0.29, 0.717) is 6.04 Å². The first-order valence-corrected chi connectivity index (χ1v) is 8.06. The second kappa shape index (κ2) is 5.92. The highest BCUT2D eigenvalue weighted by molar-refractivity contribution is 5.98. The predicted molar refractivity (Wildman–Crippen MR) is 90.6 cm³/mol. The van der Waals surface area contributed by atoms with Crippen molar-refractivity contribution >= 4 is 22.3 Å². The van der Waals surface area contributed by atoms with Gasteiger partial charge >= 0.3 is 0 Å². The fraction of sp³-hybridized carbons (Fsp3) is 0.500. The molecule has 1 saturated carbocycles. The van der Waals surface area contributed by atoms with Crippen LogP contribution in [0.3, 0.4) is 0 Å². The third-order valence-corrected chi connectivity index (χ3v) is 5.10. The van der Waals surface area contributed by atoms with Gasteiger partial charge in [-0.3, -0.25) is 4.98 Å². The van der Waals surface area contributed by atoms with Crippen LogP contribution >= 0.6 is 0 Å². The molecule has 0 bridgehead atoms. The Morgan fingerprint density at radius 3 is 2.67 bits per heavy atom. The van der Waals surface area contributed by atoms with Gasteiger partial charge in [-0.05, 0) is 55.9 Å². The number of hydrogen-bond donors (Lipinski definition) is 1. The zero-order chi connectivity index (χ0) is 14.8. The van der Waals surface area contributed by atoms with Crippen LogP contribution in [0.1, 0.15) is 39.0 Å². The second-order valence-electron chi connectivity index (χ2n) is 6.27. The van der Waals surface area contributed by atoms with E-state index >= 15 is 0 Å². The SMILES string of the molecule is CCC1CCC(N(C)c2ccc(N)c3ncccc23)CC1. The van der Waals surface area contributed by atoms with Crippen molar-refractivity contribution < 1.29 is 0 Å². The highest BCUT2D eigenvalue weighted by atomic mass is 15.1. The zero-order valence-electron chi connectivity index (χ0n) is 13.0. The summed E-state index contributed by atoms with van der Waals surface area (Å²) >= 11 is 0. The highest BCUT2D eigenvalue weighted by Crippen LogP contribution is 2.35. The molecule has 21 heavy (non-hydrogen) atoms. The summed E-state index contributed by atoms with van der Waals surface area (Å²) in [7, 11) is 2.22. The Kier molecular flexibility index (Phi) is 4.00. The first-order valence-electron chi connectivity index (χ1n) is 8.06. The number of pyridine rings is 1. The standard InChI is InChI=1S/C18H25N3/c1-3-13-6-8-14(9-7-13)21(2)17-11-10-16(19)18-15(17)5-4-12-20-18/h4-5,10-14H,3,6-9,19H2,1-2H3. The molecule has 0 spiro atoms. The Morgan fingerprint density at radius 2 is 1.95 bits per heavy atom. The van der Waals surface area contributed by atoms with Gasteiger partial charge in [0.2, 0.25) is 0 Å². The van der Waals surface area contributed by atoms with Gasteiger partial charge in [0.05, 0.1) is 11.2 Å². The Balaban J connectivity index is 1.88. The van der Waals surface area contributed by atoms with Gasteiger partial charge in [0.15, 0.2) is 0 Å². The van der Waals surface area contributed by atoms with E-state index in [1.165, 1.54) is 37.8 Å². The number of fused-ring (bicyclic) bond motifs is 1. The molecule has 1 aromatic heterocycles. The maximum atomic E-state index is 6.06. The van der Waals surface area contributed by atoms with Gasteiger partial charge in [0.1, 0.15) is 0 Å². The average molecular weight is 283 g/mol. The summed E-state index contributed by atoms with van der Waals surface area (Å²) in [5.74, 6) is 0.930. The number of rotatable bonds is 3. The molecule has 2 aromatic rings. The van der Waals surface area contributed by atoms with Gasteiger partial charge < -0.3 is 10.6 Å². The number of hydrogen-bond acceptors (Lipinski definition) is 3. The van der Waals surface area contributed by atoms with Gasteiger partial charge in [-0.1, -0.05) is 13.3 Å². The molecular formula is C18H25N3. The first kappa shape index (κ1) is 14.2. The minimum absolute atomic E-state index is 0.639. The molecule has 112 valence electrons. The molecule has 0 radical (unpaired) electrons. The van der Waals surface area contributed by atoms with E-state index in [1.807, 2.05) is 18.3 Å². The van der Waals surface area contributed by atoms with Crippen LogP contribution in [0.25, 0.3) is 10.9 Å². The summed E-state index contributed by atoms with van der Waals surface area (Å²) in [5.41, 5.74) is 9.00. The largest absolute Gasteiger partial charge is 0.397 e. The van der Waals surface area contributed by atoms with Crippen LogP contribution in [0.5, 0.6) is 0 Å². The van der Waals surface area contributed by atoms with E-state index in [0.717, 1.165) is 22.5 Å². The van der Waals surface area contributed by atoms with E-state index in [9.17, 15) is 0 Å². The van der Waals surface area contributed by atoms with Gasteiger partial charge in [-0.2, -0.15) is 0 Å². The zero-order valence-corrected chi connectivity index (χ0v) is 13.0. The molecule has 1 aliphatic carbocycles. The minimum Gasteiger partial charge on any atom is -0.397 e. The number of nitrogens with two attached hydrogens (primary N) is 1. The van der Waals surface area contributed by atoms with Crippen molar-refractivity contribution in [3.63, 3.8) is 0 Å². The van der Waals surface area contributed by atoms with E-state index in [4.69, 9.17) is 5.73 Å². The highest BCUT2D eigenvalue weighted by Gasteiger charge is 2.24. The van der Waals surface area contributed by atoms with Crippen molar-refractivity contribution in [2.75, 3.05) is 17.7 Å². The molecule has 1 heterocycles. The number of nitrogen functional groups attached to an aromatic ring is 1. The fourth-order valence-electron chi connectivity index (χ4n) is 3.62. The van der Waals surface area contributed by atoms with Gasteiger partial charge in [0.25, 0.3) is 0 Å². The topological polar surface area (TPSA) is 42.1 Å². The lowest BCUT2D eigenvalue weighted by molar-refractivity contribution is 0.313. The lowest BCUT2D eigenvalue weighted by atomic mass is 9.84. The fourth-order valence-corrected chi connectivity index (χ4v) is 3.62. The van der Waals surface area contributed by atoms with E-state index in [1.54, 1.807) is 0 Å². The molecule has 0 atom stereocenters. The van der Waals surface area contributed by atoms with Crippen LogP contribution < -0.4 is 10.6 Å². The second-order valence-corrected chi connectivity index (χ2v) is 6.27. The van der Waals surface area contributed by atoms with E-state index in [-0.39, 0.29) is 0 Å². The van der Waals surface area contributed by atoms with Crippen LogP contribution in [-0.4, -0.2) is 18.1 Å². The Labute approximate surface area is 127 Å². The summed E-state index contributed by atoms with van der Waals surface area (Å²) in [5, 5.41) is 1.16. The van der Waals surface area contributed by atoms with Crippen molar-refractivity contribution in [2.45, 2.75) is 45.1 Å². The quantitative estimate of drug-likeness (QED) is 0.857. The van der Waals surface area contributed by atoms with Crippen LogP contribution in [0.15, 0.2) is 30.5 Å².